The van der Waals surface area contributed by atoms with Crippen LogP contribution in [0, 0.1) is 0 Å². The van der Waals surface area contributed by atoms with E-state index in [4.69, 9.17) is 0 Å². The number of nitrogens with zero attached hydrogens (tertiary/aromatic N) is 3. The van der Waals surface area contributed by atoms with E-state index in [1.54, 1.807) is 0 Å². The Morgan fingerprint density at radius 2 is 0.873 bits per heavy atom. The summed E-state index contributed by atoms with van der Waals surface area (Å²) in [7, 11) is 0. The number of nitrogens with one attached hydrogen (secondary N) is 1. The summed E-state index contributed by atoms with van der Waals surface area (Å²) in [5.74, 6) is 0. The first kappa shape index (κ1) is 44.1. The van der Waals surface area contributed by atoms with Crippen LogP contribution in [0.25, 0.3) is 71.7 Å². The zero-order valence-corrected chi connectivity index (χ0v) is 39.6. The standard InChI is InChI=1S/C48H33N3.C19H19N/c1-3-14-34(15-4-1)35-26-28-37(29-27-35)49(36-16-5-2-6-17-36)40-30-31-44-43-22-9-12-25-47(43)51(48(44)33-40)39-19-13-18-38(32-39)50-45-23-10-7-20-41(45)42-21-8-11-24-46(42)50;1-3-8-16(9-4-2)17-12-14-19(15-13-17)20-18-10-6-5-7-11-18/h1-33H;3-15,20H,1H2,2H3/b;9-4-,16-8+. The van der Waals surface area contributed by atoms with E-state index >= 15 is 0 Å². The molecule has 0 saturated carbocycles. The minimum atomic E-state index is 1.08. The zero-order chi connectivity index (χ0) is 47.9. The second-order valence-corrected chi connectivity index (χ2v) is 17.5. The molecule has 0 atom stereocenters. The third kappa shape index (κ3) is 8.94. The van der Waals surface area contributed by atoms with E-state index in [-0.39, 0.29) is 0 Å². The molecule has 4 heteroatoms. The van der Waals surface area contributed by atoms with Crippen LogP contribution in [0.1, 0.15) is 12.5 Å². The van der Waals surface area contributed by atoms with Gasteiger partial charge in [-0.15, -0.1) is 0 Å². The molecule has 10 aromatic carbocycles. The minimum absolute atomic E-state index is 1.08. The summed E-state index contributed by atoms with van der Waals surface area (Å²) in [5, 5.41) is 8.36. The van der Waals surface area contributed by atoms with Gasteiger partial charge in [-0.05, 0) is 126 Å². The van der Waals surface area contributed by atoms with Gasteiger partial charge >= 0.3 is 0 Å². The summed E-state index contributed by atoms with van der Waals surface area (Å²) in [5.41, 5.74) is 17.3. The quantitative estimate of drug-likeness (QED) is 0.131. The van der Waals surface area contributed by atoms with Gasteiger partial charge in [0.05, 0.1) is 22.1 Å². The molecular weight excluding hydrogens is 861 g/mol. The normalized spacial score (nSPS) is 11.5. The van der Waals surface area contributed by atoms with Crippen molar-refractivity contribution in [1.82, 2.24) is 9.13 Å². The molecule has 71 heavy (non-hydrogen) atoms. The van der Waals surface area contributed by atoms with Gasteiger partial charge in [0.1, 0.15) is 0 Å². The van der Waals surface area contributed by atoms with Crippen molar-refractivity contribution in [2.45, 2.75) is 6.92 Å². The van der Waals surface area contributed by atoms with E-state index < -0.39 is 0 Å². The first-order valence-electron chi connectivity index (χ1n) is 24.2. The lowest BCUT2D eigenvalue weighted by molar-refractivity contribution is 1.13. The van der Waals surface area contributed by atoms with Gasteiger partial charge in [0.25, 0.3) is 0 Å². The Hall–Kier alpha value is -9.38. The molecule has 0 unspecified atom stereocenters. The third-order valence-corrected chi connectivity index (χ3v) is 13.0. The van der Waals surface area contributed by atoms with Gasteiger partial charge in [-0.1, -0.05) is 189 Å². The summed E-state index contributed by atoms with van der Waals surface area (Å²) < 4.78 is 4.82. The van der Waals surface area contributed by atoms with Crippen LogP contribution in [-0.2, 0) is 0 Å². The maximum absolute atomic E-state index is 3.76. The van der Waals surface area contributed by atoms with E-state index in [0.717, 1.165) is 50.9 Å². The Labute approximate surface area is 415 Å². The number of allylic oxidation sites excluding steroid dienone is 5. The largest absolute Gasteiger partial charge is 0.356 e. The summed E-state index contributed by atoms with van der Waals surface area (Å²) in [6, 6.07) is 90.7. The van der Waals surface area contributed by atoms with Crippen LogP contribution in [0.4, 0.5) is 28.4 Å². The molecule has 1 N–H and O–H groups in total. The van der Waals surface area contributed by atoms with Crippen LogP contribution in [0.5, 0.6) is 0 Å². The molecular formula is C67H52N4. The highest BCUT2D eigenvalue weighted by Gasteiger charge is 2.19. The number of hydrogen-bond acceptors (Lipinski definition) is 2. The fourth-order valence-corrected chi connectivity index (χ4v) is 9.79. The SMILES string of the molecule is C=C/C=C(\C=C/C)c1ccc(Nc2ccccc2)cc1.c1ccc(-c2ccc(N(c3ccccc3)c3ccc4c5ccccc5n(-c5cccc(-n6c7ccccc7c7ccccc76)c5)c4c3)cc2)cc1. The van der Waals surface area contributed by atoms with Crippen LogP contribution in [0.3, 0.4) is 0 Å². The van der Waals surface area contributed by atoms with Gasteiger partial charge < -0.3 is 19.4 Å². The van der Waals surface area contributed by atoms with Crippen LogP contribution < -0.4 is 10.2 Å². The van der Waals surface area contributed by atoms with Crippen LogP contribution in [0.2, 0.25) is 0 Å². The molecule has 0 bridgehead atoms. The van der Waals surface area contributed by atoms with Gasteiger partial charge in [-0.25, -0.2) is 0 Å². The van der Waals surface area contributed by atoms with Crippen molar-refractivity contribution in [3.63, 3.8) is 0 Å². The van der Waals surface area contributed by atoms with Gasteiger partial charge in [0.2, 0.25) is 0 Å². The molecule has 0 aliphatic heterocycles. The van der Waals surface area contributed by atoms with Crippen molar-refractivity contribution in [3.05, 3.63) is 291 Å². The number of aromatic nitrogens is 2. The molecule has 0 radical (unpaired) electrons. The number of rotatable bonds is 11. The van der Waals surface area contributed by atoms with Crippen molar-refractivity contribution in [3.8, 4) is 22.5 Å². The lowest BCUT2D eigenvalue weighted by Gasteiger charge is -2.26. The molecule has 0 amide bonds. The van der Waals surface area contributed by atoms with Crippen LogP contribution in [0.15, 0.2) is 286 Å². The van der Waals surface area contributed by atoms with Crippen LogP contribution in [-0.4, -0.2) is 9.13 Å². The second-order valence-electron chi connectivity index (χ2n) is 17.5. The molecule has 2 aromatic heterocycles. The monoisotopic (exact) mass is 912 g/mol. The average molecular weight is 913 g/mol. The number of anilines is 5. The average Bonchev–Trinajstić information content (AvgIpc) is 3.95. The molecule has 0 fully saturated rings. The Morgan fingerprint density at radius 1 is 0.408 bits per heavy atom. The molecule has 0 spiro atoms. The molecule has 0 aliphatic rings. The van der Waals surface area contributed by atoms with E-state index in [2.05, 4.69) is 269 Å². The van der Waals surface area contributed by atoms with E-state index in [0.29, 0.717) is 0 Å². The van der Waals surface area contributed by atoms with Gasteiger partial charge in [0.15, 0.2) is 0 Å². The Bertz CT molecular complexity index is 3790. The van der Waals surface area contributed by atoms with Crippen LogP contribution >= 0.6 is 0 Å². The van der Waals surface area contributed by atoms with Gasteiger partial charge in [0, 0.05) is 61.4 Å². The van der Waals surface area contributed by atoms with Crippen molar-refractivity contribution in [1.29, 1.82) is 0 Å². The maximum Gasteiger partial charge on any atom is 0.0561 e. The third-order valence-electron chi connectivity index (χ3n) is 13.0. The minimum Gasteiger partial charge on any atom is -0.356 e. The second kappa shape index (κ2) is 20.1. The fraction of sp³-hybridized carbons (Fsp3) is 0.0149. The van der Waals surface area contributed by atoms with Crippen molar-refractivity contribution < 1.29 is 0 Å². The van der Waals surface area contributed by atoms with Gasteiger partial charge in [-0.3, -0.25) is 0 Å². The molecule has 2 heterocycles. The van der Waals surface area contributed by atoms with Crippen molar-refractivity contribution in [2.75, 3.05) is 10.2 Å². The summed E-state index contributed by atoms with van der Waals surface area (Å²) >= 11 is 0. The highest BCUT2D eigenvalue weighted by molar-refractivity contribution is 6.11. The van der Waals surface area contributed by atoms with Gasteiger partial charge in [-0.2, -0.15) is 0 Å². The Kier molecular flexibility index (Phi) is 12.5. The molecule has 4 nitrogen and oxygen atoms in total. The van der Waals surface area contributed by atoms with E-state index in [1.165, 1.54) is 54.8 Å². The molecule has 0 aliphatic carbocycles. The number of hydrogen-bond donors (Lipinski definition) is 1. The topological polar surface area (TPSA) is 25.1 Å². The van der Waals surface area contributed by atoms with Crippen molar-refractivity contribution >= 4 is 77.6 Å². The molecule has 12 aromatic rings. The van der Waals surface area contributed by atoms with Crippen molar-refractivity contribution in [2.24, 2.45) is 0 Å². The number of fused-ring (bicyclic) bond motifs is 6. The fourth-order valence-electron chi connectivity index (χ4n) is 9.79. The first-order valence-corrected chi connectivity index (χ1v) is 24.2. The Morgan fingerprint density at radius 3 is 1.45 bits per heavy atom. The molecule has 340 valence electrons. The Balaban J connectivity index is 0.000000230. The first-order chi connectivity index (χ1) is 35.1. The molecule has 0 saturated heterocycles. The lowest BCUT2D eigenvalue weighted by Crippen LogP contribution is -2.10. The number of para-hydroxylation sites is 5. The molecule has 12 rings (SSSR count). The highest BCUT2D eigenvalue weighted by Crippen LogP contribution is 2.41. The summed E-state index contributed by atoms with van der Waals surface area (Å²) in [6.07, 6.45) is 7.94. The lowest BCUT2D eigenvalue weighted by atomic mass is 10.0. The number of benzene rings is 10. The van der Waals surface area contributed by atoms with E-state index in [9.17, 15) is 0 Å². The summed E-state index contributed by atoms with van der Waals surface area (Å²) in [4.78, 5) is 2.35. The maximum atomic E-state index is 3.76. The zero-order valence-electron chi connectivity index (χ0n) is 39.6. The smallest absolute Gasteiger partial charge is 0.0561 e. The predicted octanol–water partition coefficient (Wildman–Crippen LogP) is 18.6. The van der Waals surface area contributed by atoms with E-state index in [1.807, 2.05) is 43.4 Å². The predicted molar refractivity (Wildman–Crippen MR) is 304 cm³/mol. The highest BCUT2D eigenvalue weighted by atomic mass is 15.1. The summed E-state index contributed by atoms with van der Waals surface area (Å²) in [6.45, 7) is 5.78.